The highest BCUT2D eigenvalue weighted by Crippen LogP contribution is 2.11. The van der Waals surface area contributed by atoms with E-state index in [-0.39, 0.29) is 18.8 Å². The molecule has 0 rings (SSSR count). The Morgan fingerprint density at radius 3 is 2.30 bits per heavy atom. The van der Waals surface area contributed by atoms with E-state index in [1.807, 2.05) is 13.8 Å². The van der Waals surface area contributed by atoms with Crippen molar-refractivity contribution < 1.29 is 24.1 Å². The first kappa shape index (κ1) is 19.2. The molecule has 120 valence electrons. The molecular formula is C15H30O5. The maximum absolute atomic E-state index is 10.5. The second-order valence-electron chi connectivity index (χ2n) is 4.87. The highest BCUT2D eigenvalue weighted by molar-refractivity contribution is 5.56. The first-order valence-corrected chi connectivity index (χ1v) is 7.72. The highest BCUT2D eigenvalue weighted by Gasteiger charge is 2.15. The standard InChI is InChI=1S/C15H30O5/c1-4-7-8-9-10-14(12-20-15(16)17)19-11-13(5-2)18-6-3/h13-14H,4-12H2,1-3H3,(H,16,17). The van der Waals surface area contributed by atoms with Gasteiger partial charge in [0, 0.05) is 6.61 Å². The summed E-state index contributed by atoms with van der Waals surface area (Å²) in [7, 11) is 0. The molecule has 0 fully saturated rings. The van der Waals surface area contributed by atoms with Gasteiger partial charge < -0.3 is 19.3 Å². The molecule has 0 aliphatic rings. The summed E-state index contributed by atoms with van der Waals surface area (Å²) in [6.07, 6.45) is 4.93. The molecule has 0 aromatic rings. The van der Waals surface area contributed by atoms with E-state index in [4.69, 9.17) is 14.6 Å². The zero-order valence-corrected chi connectivity index (χ0v) is 13.1. The minimum Gasteiger partial charge on any atom is -0.450 e. The maximum atomic E-state index is 10.5. The van der Waals surface area contributed by atoms with Crippen LogP contribution in [0.2, 0.25) is 0 Å². The van der Waals surface area contributed by atoms with Crippen LogP contribution in [0.3, 0.4) is 0 Å². The summed E-state index contributed by atoms with van der Waals surface area (Å²) in [5.74, 6) is 0. The third-order valence-corrected chi connectivity index (χ3v) is 3.15. The molecule has 5 heteroatoms. The lowest BCUT2D eigenvalue weighted by atomic mass is 10.1. The number of hydrogen-bond donors (Lipinski definition) is 1. The molecule has 0 amide bonds. The molecule has 1 N–H and O–H groups in total. The van der Waals surface area contributed by atoms with Gasteiger partial charge in [-0.05, 0) is 19.8 Å². The Morgan fingerprint density at radius 2 is 1.75 bits per heavy atom. The van der Waals surface area contributed by atoms with E-state index in [1.165, 1.54) is 12.8 Å². The molecule has 0 aromatic heterocycles. The SMILES string of the molecule is CCCCCCC(COC(=O)O)OCC(CC)OCC. The average molecular weight is 290 g/mol. The van der Waals surface area contributed by atoms with Crippen molar-refractivity contribution in [1.29, 1.82) is 0 Å². The predicted octanol–water partition coefficient (Wildman–Crippen LogP) is 3.85. The van der Waals surface area contributed by atoms with Gasteiger partial charge in [0.05, 0.1) is 18.8 Å². The maximum Gasteiger partial charge on any atom is 0.505 e. The second-order valence-corrected chi connectivity index (χ2v) is 4.87. The zero-order chi connectivity index (χ0) is 15.2. The third-order valence-electron chi connectivity index (χ3n) is 3.15. The summed E-state index contributed by atoms with van der Waals surface area (Å²) in [6, 6.07) is 0. The van der Waals surface area contributed by atoms with E-state index in [0.717, 1.165) is 25.7 Å². The molecule has 0 radical (unpaired) electrons. The molecule has 0 aliphatic heterocycles. The number of rotatable bonds is 13. The van der Waals surface area contributed by atoms with Gasteiger partial charge in [-0.15, -0.1) is 0 Å². The van der Waals surface area contributed by atoms with Gasteiger partial charge in [0.25, 0.3) is 0 Å². The predicted molar refractivity (Wildman–Crippen MR) is 78.2 cm³/mol. The van der Waals surface area contributed by atoms with Gasteiger partial charge >= 0.3 is 6.16 Å². The van der Waals surface area contributed by atoms with Gasteiger partial charge in [0.15, 0.2) is 0 Å². The van der Waals surface area contributed by atoms with Gasteiger partial charge in [-0.3, -0.25) is 0 Å². The van der Waals surface area contributed by atoms with Crippen LogP contribution >= 0.6 is 0 Å². The van der Waals surface area contributed by atoms with Crippen molar-refractivity contribution in [3.8, 4) is 0 Å². The van der Waals surface area contributed by atoms with Crippen LogP contribution in [0.5, 0.6) is 0 Å². The summed E-state index contributed by atoms with van der Waals surface area (Å²) in [6.45, 7) is 7.42. The minimum atomic E-state index is -1.25. The Balaban J connectivity index is 4.04. The molecule has 2 atom stereocenters. The molecule has 5 nitrogen and oxygen atoms in total. The van der Waals surface area contributed by atoms with Crippen LogP contribution in [-0.4, -0.2) is 43.3 Å². The number of ether oxygens (including phenoxy) is 3. The van der Waals surface area contributed by atoms with E-state index in [1.54, 1.807) is 0 Å². The van der Waals surface area contributed by atoms with Crippen molar-refractivity contribution in [3.63, 3.8) is 0 Å². The van der Waals surface area contributed by atoms with E-state index >= 15 is 0 Å². The van der Waals surface area contributed by atoms with Crippen LogP contribution in [0.1, 0.15) is 59.3 Å². The fourth-order valence-corrected chi connectivity index (χ4v) is 1.94. The van der Waals surface area contributed by atoms with E-state index in [0.29, 0.717) is 13.2 Å². The molecule has 20 heavy (non-hydrogen) atoms. The number of carbonyl (C=O) groups is 1. The first-order valence-electron chi connectivity index (χ1n) is 7.72. The highest BCUT2D eigenvalue weighted by atomic mass is 16.7. The van der Waals surface area contributed by atoms with Crippen molar-refractivity contribution in [2.45, 2.75) is 71.5 Å². The molecule has 0 aromatic carbocycles. The molecule has 0 spiro atoms. The Morgan fingerprint density at radius 1 is 1.00 bits per heavy atom. The van der Waals surface area contributed by atoms with Crippen molar-refractivity contribution in [2.75, 3.05) is 19.8 Å². The van der Waals surface area contributed by atoms with Gasteiger partial charge in [-0.2, -0.15) is 0 Å². The number of carboxylic acid groups (broad SMARTS) is 1. The van der Waals surface area contributed by atoms with Gasteiger partial charge in [0.2, 0.25) is 0 Å². The second kappa shape index (κ2) is 13.2. The Hall–Kier alpha value is -0.810. The summed E-state index contributed by atoms with van der Waals surface area (Å²) < 4.78 is 15.9. The van der Waals surface area contributed by atoms with Crippen molar-refractivity contribution >= 4 is 6.16 Å². The minimum absolute atomic E-state index is 0.0722. The quantitative estimate of drug-likeness (QED) is 0.412. The largest absolute Gasteiger partial charge is 0.505 e. The molecular weight excluding hydrogens is 260 g/mol. The van der Waals surface area contributed by atoms with Crippen molar-refractivity contribution in [1.82, 2.24) is 0 Å². The number of hydrogen-bond acceptors (Lipinski definition) is 4. The lowest BCUT2D eigenvalue weighted by Crippen LogP contribution is -2.27. The smallest absolute Gasteiger partial charge is 0.450 e. The average Bonchev–Trinajstić information content (AvgIpc) is 2.43. The van der Waals surface area contributed by atoms with E-state index < -0.39 is 6.16 Å². The van der Waals surface area contributed by atoms with E-state index in [9.17, 15) is 4.79 Å². The van der Waals surface area contributed by atoms with Crippen LogP contribution < -0.4 is 0 Å². The van der Waals surface area contributed by atoms with Crippen molar-refractivity contribution in [2.24, 2.45) is 0 Å². The molecule has 0 saturated heterocycles. The van der Waals surface area contributed by atoms with Gasteiger partial charge in [-0.1, -0.05) is 39.5 Å². The van der Waals surface area contributed by atoms with Crippen molar-refractivity contribution in [3.05, 3.63) is 0 Å². The van der Waals surface area contributed by atoms with Gasteiger partial charge in [-0.25, -0.2) is 4.79 Å². The monoisotopic (exact) mass is 290 g/mol. The lowest BCUT2D eigenvalue weighted by molar-refractivity contribution is -0.0644. The summed E-state index contributed by atoms with van der Waals surface area (Å²) in [4.78, 5) is 10.5. The van der Waals surface area contributed by atoms with Crippen LogP contribution in [-0.2, 0) is 14.2 Å². The Kier molecular flexibility index (Phi) is 12.7. The topological polar surface area (TPSA) is 65.0 Å². The molecule has 2 unspecified atom stereocenters. The molecule has 0 bridgehead atoms. The summed E-state index contributed by atoms with van der Waals surface area (Å²) >= 11 is 0. The normalized spacial score (nSPS) is 13.9. The van der Waals surface area contributed by atoms with Crippen LogP contribution in [0.4, 0.5) is 4.79 Å². The summed E-state index contributed by atoms with van der Waals surface area (Å²) in [5, 5.41) is 8.58. The van der Waals surface area contributed by atoms with Gasteiger partial charge in [0.1, 0.15) is 6.61 Å². The fraction of sp³-hybridized carbons (Fsp3) is 0.933. The fourth-order valence-electron chi connectivity index (χ4n) is 1.94. The molecule has 0 aliphatic carbocycles. The zero-order valence-electron chi connectivity index (χ0n) is 13.1. The summed E-state index contributed by atoms with van der Waals surface area (Å²) in [5.41, 5.74) is 0. The molecule has 0 heterocycles. The Labute approximate surface area is 122 Å². The van der Waals surface area contributed by atoms with Crippen LogP contribution in [0.25, 0.3) is 0 Å². The van der Waals surface area contributed by atoms with Crippen LogP contribution in [0.15, 0.2) is 0 Å². The lowest BCUT2D eigenvalue weighted by Gasteiger charge is -2.21. The Bertz CT molecular complexity index is 232. The molecule has 0 saturated carbocycles. The van der Waals surface area contributed by atoms with Crippen LogP contribution in [0, 0.1) is 0 Å². The van der Waals surface area contributed by atoms with E-state index in [2.05, 4.69) is 11.7 Å². The first-order chi connectivity index (χ1) is 9.63. The number of unbranched alkanes of at least 4 members (excludes halogenated alkanes) is 3. The third kappa shape index (κ3) is 11.1.